The zero-order chi connectivity index (χ0) is 21.3. The van der Waals surface area contributed by atoms with Crippen LogP contribution in [-0.2, 0) is 12.5 Å². The number of aryl methyl sites for hydroxylation is 1. The summed E-state index contributed by atoms with van der Waals surface area (Å²) in [5.41, 5.74) is 1.73. The molecule has 1 aromatic carbocycles. The minimum Gasteiger partial charge on any atom is -0.496 e. The Morgan fingerprint density at radius 2 is 1.76 bits per heavy atom. The summed E-state index contributed by atoms with van der Waals surface area (Å²) >= 11 is 0. The van der Waals surface area contributed by atoms with Crippen molar-refractivity contribution < 1.29 is 19.4 Å². The molecule has 0 fully saturated rings. The van der Waals surface area contributed by atoms with Crippen molar-refractivity contribution in [3.05, 3.63) is 52.2 Å². The van der Waals surface area contributed by atoms with Crippen LogP contribution in [0.4, 0.5) is 0 Å². The van der Waals surface area contributed by atoms with Crippen LogP contribution < -0.4 is 15.0 Å². The van der Waals surface area contributed by atoms with Gasteiger partial charge in [-0.25, -0.2) is 0 Å². The minimum atomic E-state index is -0.566. The number of ether oxygens (including phenoxy) is 2. The summed E-state index contributed by atoms with van der Waals surface area (Å²) in [5.74, 6) is 0.752. The molecular formula is C22H24N2O5. The van der Waals surface area contributed by atoms with E-state index in [9.17, 15) is 14.7 Å². The number of methoxy groups -OCH3 is 2. The van der Waals surface area contributed by atoms with Gasteiger partial charge in [-0.05, 0) is 29.1 Å². The predicted molar refractivity (Wildman–Crippen MR) is 111 cm³/mol. The van der Waals surface area contributed by atoms with Crippen LogP contribution >= 0.6 is 0 Å². The molecule has 0 bridgehead atoms. The third-order valence-electron chi connectivity index (χ3n) is 5.13. The fourth-order valence-electron chi connectivity index (χ4n) is 3.25. The number of hydrogen-bond acceptors (Lipinski definition) is 6. The maximum Gasteiger partial charge on any atom is 0.259 e. The van der Waals surface area contributed by atoms with Crippen LogP contribution in [0.15, 0.2) is 35.4 Å². The van der Waals surface area contributed by atoms with Gasteiger partial charge in [-0.2, -0.15) is 0 Å². The number of hydrogen-bond donors (Lipinski definition) is 1. The van der Waals surface area contributed by atoms with Gasteiger partial charge in [-0.1, -0.05) is 13.8 Å². The number of aliphatic hydroxyl groups excluding tert-OH is 1. The lowest BCUT2D eigenvalue weighted by molar-refractivity contribution is 0.111. The van der Waals surface area contributed by atoms with E-state index >= 15 is 0 Å². The topological polar surface area (TPSA) is 90.7 Å². The Morgan fingerprint density at radius 3 is 2.28 bits per heavy atom. The van der Waals surface area contributed by atoms with Crippen LogP contribution in [0.2, 0.25) is 0 Å². The molecule has 0 amide bonds. The van der Waals surface area contributed by atoms with Crippen LogP contribution in [0, 0.1) is 0 Å². The Morgan fingerprint density at radius 1 is 1.14 bits per heavy atom. The number of benzene rings is 1. The number of aldehydes is 1. The monoisotopic (exact) mass is 396 g/mol. The Hall–Kier alpha value is -3.19. The molecule has 152 valence electrons. The molecule has 0 aliphatic carbocycles. The molecule has 2 heterocycles. The smallest absolute Gasteiger partial charge is 0.259 e. The molecule has 0 saturated carbocycles. The van der Waals surface area contributed by atoms with E-state index in [2.05, 4.69) is 4.98 Å². The Labute approximate surface area is 168 Å². The van der Waals surface area contributed by atoms with Crippen molar-refractivity contribution >= 4 is 17.1 Å². The summed E-state index contributed by atoms with van der Waals surface area (Å²) in [6.45, 7) is 3.68. The molecule has 0 spiro atoms. The molecule has 7 heteroatoms. The first kappa shape index (κ1) is 20.5. The summed E-state index contributed by atoms with van der Waals surface area (Å²) < 4.78 is 12.2. The molecule has 29 heavy (non-hydrogen) atoms. The Balaban J connectivity index is 2.40. The van der Waals surface area contributed by atoms with Crippen molar-refractivity contribution in [3.63, 3.8) is 0 Å². The maximum absolute atomic E-state index is 12.7. The highest BCUT2D eigenvalue weighted by Gasteiger charge is 2.23. The van der Waals surface area contributed by atoms with Crippen molar-refractivity contribution in [2.24, 2.45) is 7.05 Å². The first-order valence-electron chi connectivity index (χ1n) is 9.09. The Bertz CT molecular complexity index is 1120. The average molecular weight is 396 g/mol. The normalized spacial score (nSPS) is 11.5. The number of aliphatic hydroxyl groups is 1. The highest BCUT2D eigenvalue weighted by molar-refractivity contribution is 5.97. The average Bonchev–Trinajstić information content (AvgIpc) is 2.74. The second-order valence-electron chi connectivity index (χ2n) is 7.53. The minimum absolute atomic E-state index is 0.0820. The highest BCUT2D eigenvalue weighted by Crippen LogP contribution is 2.37. The molecule has 0 aliphatic heterocycles. The fourth-order valence-corrected chi connectivity index (χ4v) is 3.25. The largest absolute Gasteiger partial charge is 0.496 e. The first-order valence-corrected chi connectivity index (χ1v) is 9.09. The van der Waals surface area contributed by atoms with Crippen LogP contribution in [0.25, 0.3) is 21.9 Å². The quantitative estimate of drug-likeness (QED) is 0.644. The molecule has 0 atom stereocenters. The fraction of sp³-hybridized carbons (Fsp3) is 0.318. The van der Waals surface area contributed by atoms with Gasteiger partial charge in [0.05, 0.1) is 31.8 Å². The Kier molecular flexibility index (Phi) is 5.44. The molecule has 3 aromatic rings. The molecular weight excluding hydrogens is 372 g/mol. The van der Waals surface area contributed by atoms with Gasteiger partial charge in [-0.15, -0.1) is 0 Å². The number of nitrogens with zero attached hydrogens (tertiary/aromatic N) is 2. The number of carbonyl (C=O) groups is 1. The van der Waals surface area contributed by atoms with E-state index in [0.29, 0.717) is 39.8 Å². The lowest BCUT2D eigenvalue weighted by atomic mass is 9.88. The van der Waals surface area contributed by atoms with E-state index in [0.717, 1.165) is 11.1 Å². The van der Waals surface area contributed by atoms with Gasteiger partial charge >= 0.3 is 0 Å². The predicted octanol–water partition coefficient (Wildman–Crippen LogP) is 2.70. The molecule has 0 aliphatic rings. The third kappa shape index (κ3) is 3.49. The number of carbonyl (C=O) groups excluding carboxylic acids is 1. The van der Waals surface area contributed by atoms with Gasteiger partial charge in [0, 0.05) is 36.1 Å². The summed E-state index contributed by atoms with van der Waals surface area (Å²) in [6, 6.07) is 5.31. The number of aromatic nitrogens is 2. The van der Waals surface area contributed by atoms with E-state index < -0.39 is 5.41 Å². The SMILES string of the molecule is COc1cc(-c2cn(C)c(=O)c3cnc(C(C)(C)CO)cc23)cc(OC)c1C=O. The lowest BCUT2D eigenvalue weighted by Crippen LogP contribution is -2.24. The van der Waals surface area contributed by atoms with Crippen LogP contribution in [0.5, 0.6) is 11.5 Å². The molecule has 1 N–H and O–H groups in total. The van der Waals surface area contributed by atoms with Gasteiger partial charge in [0.25, 0.3) is 5.56 Å². The van der Waals surface area contributed by atoms with Crippen molar-refractivity contribution in [1.82, 2.24) is 9.55 Å². The van der Waals surface area contributed by atoms with Gasteiger partial charge in [-0.3, -0.25) is 14.6 Å². The van der Waals surface area contributed by atoms with Crippen LogP contribution in [0.3, 0.4) is 0 Å². The van der Waals surface area contributed by atoms with Crippen molar-refractivity contribution in [2.75, 3.05) is 20.8 Å². The summed E-state index contributed by atoms with van der Waals surface area (Å²) in [7, 11) is 4.64. The molecule has 0 saturated heterocycles. The molecule has 2 aromatic heterocycles. The number of pyridine rings is 2. The van der Waals surface area contributed by atoms with E-state index in [-0.39, 0.29) is 12.2 Å². The number of rotatable bonds is 6. The van der Waals surface area contributed by atoms with Crippen LogP contribution in [-0.4, -0.2) is 41.8 Å². The number of fused-ring (bicyclic) bond motifs is 1. The second kappa shape index (κ2) is 7.67. The second-order valence-corrected chi connectivity index (χ2v) is 7.53. The van der Waals surface area contributed by atoms with E-state index in [1.54, 1.807) is 31.6 Å². The molecule has 0 unspecified atom stereocenters. The van der Waals surface area contributed by atoms with E-state index in [4.69, 9.17) is 9.47 Å². The molecule has 3 rings (SSSR count). The molecule has 0 radical (unpaired) electrons. The van der Waals surface area contributed by atoms with E-state index in [1.807, 2.05) is 19.9 Å². The summed E-state index contributed by atoms with van der Waals surface area (Å²) in [5, 5.41) is 10.9. The summed E-state index contributed by atoms with van der Waals surface area (Å²) in [6.07, 6.45) is 3.96. The molecule has 7 nitrogen and oxygen atoms in total. The van der Waals surface area contributed by atoms with Gasteiger partial charge < -0.3 is 19.1 Å². The van der Waals surface area contributed by atoms with Gasteiger partial charge in [0.15, 0.2) is 6.29 Å². The van der Waals surface area contributed by atoms with Gasteiger partial charge in [0.2, 0.25) is 0 Å². The zero-order valence-electron chi connectivity index (χ0n) is 17.1. The third-order valence-corrected chi connectivity index (χ3v) is 5.13. The maximum atomic E-state index is 12.7. The first-order chi connectivity index (χ1) is 13.8. The summed E-state index contributed by atoms with van der Waals surface area (Å²) in [4.78, 5) is 28.6. The lowest BCUT2D eigenvalue weighted by Gasteiger charge is -2.22. The van der Waals surface area contributed by atoms with Gasteiger partial charge in [0.1, 0.15) is 11.5 Å². The zero-order valence-corrected chi connectivity index (χ0v) is 17.1. The standard InChI is InChI=1S/C22H24N2O5/c1-22(2,12-26)20-8-14-15(9-23-20)21(27)24(3)10-16(14)13-6-18(28-4)17(11-25)19(7-13)29-5/h6-11,26H,12H2,1-5H3. The van der Waals surface area contributed by atoms with E-state index in [1.165, 1.54) is 18.8 Å². The van der Waals surface area contributed by atoms with Crippen molar-refractivity contribution in [1.29, 1.82) is 0 Å². The van der Waals surface area contributed by atoms with Crippen LogP contribution in [0.1, 0.15) is 29.9 Å². The highest BCUT2D eigenvalue weighted by atomic mass is 16.5. The van der Waals surface area contributed by atoms with Crippen molar-refractivity contribution in [2.45, 2.75) is 19.3 Å². The van der Waals surface area contributed by atoms with Crippen molar-refractivity contribution in [3.8, 4) is 22.6 Å².